The Hall–Kier alpha value is -1.56. The molecule has 94 valence electrons. The highest BCUT2D eigenvalue weighted by Crippen LogP contribution is 2.16. The first-order chi connectivity index (χ1) is 8.16. The molecule has 17 heavy (non-hydrogen) atoms. The van der Waals surface area contributed by atoms with E-state index >= 15 is 0 Å². The van der Waals surface area contributed by atoms with E-state index in [0.717, 1.165) is 32.3 Å². The van der Waals surface area contributed by atoms with Crippen LogP contribution in [-0.4, -0.2) is 22.3 Å². The van der Waals surface area contributed by atoms with Gasteiger partial charge in [-0.1, -0.05) is 0 Å². The van der Waals surface area contributed by atoms with Gasteiger partial charge < -0.3 is 10.5 Å². The molecule has 6 nitrogen and oxygen atoms in total. The summed E-state index contributed by atoms with van der Waals surface area (Å²) >= 11 is 0. The summed E-state index contributed by atoms with van der Waals surface area (Å²) in [5, 5.41) is 0. The van der Waals surface area contributed by atoms with Crippen molar-refractivity contribution in [1.29, 1.82) is 0 Å². The fourth-order valence-corrected chi connectivity index (χ4v) is 2.05. The first-order valence-electron chi connectivity index (χ1n) is 5.87. The second kappa shape index (κ2) is 5.18. The summed E-state index contributed by atoms with van der Waals surface area (Å²) in [5.74, 6) is 0. The summed E-state index contributed by atoms with van der Waals surface area (Å²) in [4.78, 5) is 24.7. The third-order valence-electron chi connectivity index (χ3n) is 2.99. The van der Waals surface area contributed by atoms with Crippen LogP contribution in [0.15, 0.2) is 15.8 Å². The van der Waals surface area contributed by atoms with Crippen molar-refractivity contribution in [1.82, 2.24) is 9.55 Å². The normalized spacial score (nSPS) is 19.6. The van der Waals surface area contributed by atoms with Gasteiger partial charge in [0.25, 0.3) is 5.56 Å². The molecule has 1 atom stereocenters. The number of nitrogens with two attached hydrogens (primary N) is 1. The molecule has 0 aromatic carbocycles. The maximum Gasteiger partial charge on any atom is 0.328 e. The van der Waals surface area contributed by atoms with Crippen LogP contribution in [0.3, 0.4) is 0 Å². The molecular weight excluding hydrogens is 222 g/mol. The van der Waals surface area contributed by atoms with E-state index in [-0.39, 0.29) is 5.69 Å². The number of ether oxygens (including phenoxy) is 1. The number of hydrogen-bond donors (Lipinski definition) is 2. The van der Waals surface area contributed by atoms with Crippen LogP contribution in [0.2, 0.25) is 0 Å². The van der Waals surface area contributed by atoms with Gasteiger partial charge in [-0.15, -0.1) is 0 Å². The van der Waals surface area contributed by atoms with Gasteiger partial charge in [0, 0.05) is 19.3 Å². The molecule has 0 radical (unpaired) electrons. The summed E-state index contributed by atoms with van der Waals surface area (Å²) in [7, 11) is 0. The van der Waals surface area contributed by atoms with Crippen molar-refractivity contribution in [2.24, 2.45) is 0 Å². The average Bonchev–Trinajstić information content (AvgIpc) is 2.78. The number of hydrogen-bond acceptors (Lipinski definition) is 4. The number of nitrogens with one attached hydrogen (secondary N) is 1. The van der Waals surface area contributed by atoms with Crippen molar-refractivity contribution in [3.8, 4) is 0 Å². The SMILES string of the molecule is Nc1cn(CCCC2CCCO2)c(=O)[nH]c1=O. The number of anilines is 1. The molecular formula is C11H17N3O3. The Morgan fingerprint density at radius 3 is 3.06 bits per heavy atom. The summed E-state index contributed by atoms with van der Waals surface area (Å²) < 4.78 is 6.93. The van der Waals surface area contributed by atoms with Crippen LogP contribution in [0.1, 0.15) is 25.7 Å². The highest BCUT2D eigenvalue weighted by atomic mass is 16.5. The maximum absolute atomic E-state index is 11.4. The molecule has 0 bridgehead atoms. The molecule has 1 fully saturated rings. The zero-order valence-electron chi connectivity index (χ0n) is 9.65. The lowest BCUT2D eigenvalue weighted by Crippen LogP contribution is -2.31. The Kier molecular flexibility index (Phi) is 3.63. The van der Waals surface area contributed by atoms with Crippen LogP contribution < -0.4 is 17.0 Å². The summed E-state index contributed by atoms with van der Waals surface area (Å²) in [5.41, 5.74) is 4.60. The predicted octanol–water partition coefficient (Wildman–Crippen LogP) is 0.0780. The van der Waals surface area contributed by atoms with Gasteiger partial charge >= 0.3 is 5.69 Å². The van der Waals surface area contributed by atoms with Gasteiger partial charge in [-0.05, 0) is 25.7 Å². The van der Waals surface area contributed by atoms with Crippen molar-refractivity contribution in [2.75, 3.05) is 12.3 Å². The fourth-order valence-electron chi connectivity index (χ4n) is 2.05. The second-order valence-corrected chi connectivity index (χ2v) is 4.31. The van der Waals surface area contributed by atoms with Crippen molar-refractivity contribution in [3.05, 3.63) is 27.0 Å². The molecule has 1 unspecified atom stereocenters. The van der Waals surface area contributed by atoms with Crippen LogP contribution >= 0.6 is 0 Å². The van der Waals surface area contributed by atoms with Gasteiger partial charge in [0.15, 0.2) is 0 Å². The van der Waals surface area contributed by atoms with Gasteiger partial charge in [-0.2, -0.15) is 0 Å². The number of H-pyrrole nitrogens is 1. The van der Waals surface area contributed by atoms with E-state index in [0.29, 0.717) is 12.6 Å². The molecule has 0 spiro atoms. The number of aryl methyl sites for hydroxylation is 1. The van der Waals surface area contributed by atoms with Crippen LogP contribution in [0, 0.1) is 0 Å². The van der Waals surface area contributed by atoms with Gasteiger partial charge in [0.05, 0.1) is 6.10 Å². The largest absolute Gasteiger partial charge is 0.393 e. The smallest absolute Gasteiger partial charge is 0.328 e. The Bertz CT molecular complexity index is 485. The highest BCUT2D eigenvalue weighted by molar-refractivity contribution is 5.30. The van der Waals surface area contributed by atoms with Crippen LogP contribution in [0.5, 0.6) is 0 Å². The number of nitrogen functional groups attached to an aromatic ring is 1. The van der Waals surface area contributed by atoms with Crippen molar-refractivity contribution >= 4 is 5.69 Å². The molecule has 0 amide bonds. The molecule has 1 aromatic heterocycles. The Morgan fingerprint density at radius 1 is 1.53 bits per heavy atom. The van der Waals surface area contributed by atoms with Gasteiger partial charge in [0.2, 0.25) is 0 Å². The van der Waals surface area contributed by atoms with E-state index in [4.69, 9.17) is 10.5 Å². The van der Waals surface area contributed by atoms with E-state index in [2.05, 4.69) is 4.98 Å². The zero-order valence-corrected chi connectivity index (χ0v) is 9.65. The third kappa shape index (κ3) is 2.97. The van der Waals surface area contributed by atoms with Crippen LogP contribution in [0.25, 0.3) is 0 Å². The standard InChI is InChI=1S/C11H17N3O3/c12-9-7-14(11(16)13-10(9)15)5-1-3-8-4-2-6-17-8/h7-8H,1-6,12H2,(H,13,15,16). The maximum atomic E-state index is 11.4. The Labute approximate surface area is 98.4 Å². The number of aromatic nitrogens is 2. The summed E-state index contributed by atoms with van der Waals surface area (Å²) in [6, 6.07) is 0. The summed E-state index contributed by atoms with van der Waals surface area (Å²) in [6.07, 6.45) is 5.72. The van der Waals surface area contributed by atoms with E-state index in [1.807, 2.05) is 0 Å². The van der Waals surface area contributed by atoms with E-state index < -0.39 is 11.2 Å². The topological polar surface area (TPSA) is 90.1 Å². The van der Waals surface area contributed by atoms with E-state index in [1.165, 1.54) is 10.8 Å². The van der Waals surface area contributed by atoms with Crippen LogP contribution in [-0.2, 0) is 11.3 Å². The van der Waals surface area contributed by atoms with Gasteiger partial charge in [0.1, 0.15) is 5.69 Å². The highest BCUT2D eigenvalue weighted by Gasteiger charge is 2.14. The predicted molar refractivity (Wildman–Crippen MR) is 63.9 cm³/mol. The van der Waals surface area contributed by atoms with Crippen molar-refractivity contribution in [3.63, 3.8) is 0 Å². The number of rotatable bonds is 4. The lowest BCUT2D eigenvalue weighted by Gasteiger charge is -2.09. The van der Waals surface area contributed by atoms with Crippen molar-refractivity contribution < 1.29 is 4.74 Å². The first kappa shape index (κ1) is 11.9. The average molecular weight is 239 g/mol. The monoisotopic (exact) mass is 239 g/mol. The third-order valence-corrected chi connectivity index (χ3v) is 2.99. The molecule has 6 heteroatoms. The van der Waals surface area contributed by atoms with Gasteiger partial charge in [-0.25, -0.2) is 4.79 Å². The molecule has 1 aliphatic heterocycles. The summed E-state index contributed by atoms with van der Waals surface area (Å²) in [6.45, 7) is 1.40. The second-order valence-electron chi connectivity index (χ2n) is 4.31. The number of nitrogens with zero attached hydrogens (tertiary/aromatic N) is 1. The number of aromatic amines is 1. The molecule has 1 aromatic rings. The van der Waals surface area contributed by atoms with E-state index in [9.17, 15) is 9.59 Å². The Morgan fingerprint density at radius 2 is 2.35 bits per heavy atom. The minimum Gasteiger partial charge on any atom is -0.393 e. The van der Waals surface area contributed by atoms with Gasteiger partial charge in [-0.3, -0.25) is 14.3 Å². The van der Waals surface area contributed by atoms with Crippen molar-refractivity contribution in [2.45, 2.75) is 38.3 Å². The molecule has 3 N–H and O–H groups in total. The zero-order chi connectivity index (χ0) is 12.3. The molecule has 1 aliphatic rings. The molecule has 0 aliphatic carbocycles. The lowest BCUT2D eigenvalue weighted by atomic mass is 10.1. The molecule has 2 heterocycles. The minimum absolute atomic E-state index is 0.0710. The minimum atomic E-state index is -0.523. The molecule has 2 rings (SSSR count). The Balaban J connectivity index is 1.92. The first-order valence-corrected chi connectivity index (χ1v) is 5.87. The molecule has 1 saturated heterocycles. The van der Waals surface area contributed by atoms with E-state index in [1.54, 1.807) is 0 Å². The lowest BCUT2D eigenvalue weighted by molar-refractivity contribution is 0.101. The molecule has 0 saturated carbocycles. The fraction of sp³-hybridized carbons (Fsp3) is 0.636. The quantitative estimate of drug-likeness (QED) is 0.778. The van der Waals surface area contributed by atoms with Crippen LogP contribution in [0.4, 0.5) is 5.69 Å².